The van der Waals surface area contributed by atoms with Crippen molar-refractivity contribution in [2.24, 2.45) is 0 Å². The SMILES string of the molecule is CCCOc1cc2c(cc1CN1CCc3nc4cc(C)[nH]n4c(=O)c3CC1)OCO2.Cl. The molecule has 2 aromatic heterocycles. The number of nitrogens with one attached hydrogen (secondary N) is 1. The van der Waals surface area contributed by atoms with Gasteiger partial charge >= 0.3 is 0 Å². The fraction of sp³-hybridized carbons (Fsp3) is 0.455. The molecule has 0 radical (unpaired) electrons. The predicted molar refractivity (Wildman–Crippen MR) is 119 cm³/mol. The van der Waals surface area contributed by atoms with Crippen LogP contribution in [0.5, 0.6) is 17.2 Å². The first-order valence-electron chi connectivity index (χ1n) is 10.5. The number of nitrogens with zero attached hydrogens (tertiary/aromatic N) is 3. The Kier molecular flexibility index (Phi) is 6.11. The van der Waals surface area contributed by atoms with Crippen LogP contribution in [0.3, 0.4) is 0 Å². The van der Waals surface area contributed by atoms with E-state index in [4.69, 9.17) is 19.2 Å². The van der Waals surface area contributed by atoms with Gasteiger partial charge < -0.3 is 14.2 Å². The molecule has 0 saturated heterocycles. The normalized spacial score (nSPS) is 15.4. The molecule has 2 aliphatic rings. The molecule has 0 aliphatic carbocycles. The zero-order valence-electron chi connectivity index (χ0n) is 17.8. The lowest BCUT2D eigenvalue weighted by molar-refractivity contribution is 0.173. The molecule has 1 aromatic carbocycles. The molecule has 0 atom stereocenters. The van der Waals surface area contributed by atoms with Crippen LogP contribution in [0, 0.1) is 6.92 Å². The number of benzene rings is 1. The molecule has 8 nitrogen and oxygen atoms in total. The van der Waals surface area contributed by atoms with Crippen LogP contribution >= 0.6 is 12.4 Å². The van der Waals surface area contributed by atoms with Gasteiger partial charge in [0, 0.05) is 55.0 Å². The number of rotatable bonds is 5. The molecule has 5 rings (SSSR count). The molecule has 0 spiro atoms. The average Bonchev–Trinajstić information content (AvgIpc) is 3.28. The number of fused-ring (bicyclic) bond motifs is 3. The van der Waals surface area contributed by atoms with Crippen molar-refractivity contribution in [2.75, 3.05) is 26.5 Å². The number of aromatic amines is 1. The number of aromatic nitrogens is 3. The van der Waals surface area contributed by atoms with Gasteiger partial charge in [-0.15, -0.1) is 12.4 Å². The monoisotopic (exact) mass is 446 g/mol. The van der Waals surface area contributed by atoms with Crippen molar-refractivity contribution in [2.45, 2.75) is 39.7 Å². The van der Waals surface area contributed by atoms with Gasteiger partial charge in [0.15, 0.2) is 17.1 Å². The minimum atomic E-state index is 0. The van der Waals surface area contributed by atoms with Crippen LogP contribution in [0.4, 0.5) is 0 Å². The third-order valence-electron chi connectivity index (χ3n) is 5.68. The second kappa shape index (κ2) is 8.80. The quantitative estimate of drug-likeness (QED) is 0.649. The van der Waals surface area contributed by atoms with Gasteiger partial charge in [-0.3, -0.25) is 14.8 Å². The zero-order chi connectivity index (χ0) is 20.7. The van der Waals surface area contributed by atoms with Crippen LogP contribution in [0.2, 0.25) is 0 Å². The molecule has 0 fully saturated rings. The van der Waals surface area contributed by atoms with E-state index in [0.717, 1.165) is 72.2 Å². The first-order chi connectivity index (χ1) is 14.6. The second-order valence-electron chi connectivity index (χ2n) is 7.91. The Morgan fingerprint density at radius 2 is 1.94 bits per heavy atom. The summed E-state index contributed by atoms with van der Waals surface area (Å²) >= 11 is 0. The molecule has 0 amide bonds. The Balaban J connectivity index is 0.00000231. The Morgan fingerprint density at radius 3 is 2.74 bits per heavy atom. The van der Waals surface area contributed by atoms with Gasteiger partial charge in [-0.1, -0.05) is 6.92 Å². The minimum absolute atomic E-state index is 0. The first-order valence-corrected chi connectivity index (χ1v) is 10.5. The van der Waals surface area contributed by atoms with Gasteiger partial charge in [0.25, 0.3) is 5.56 Å². The van der Waals surface area contributed by atoms with Gasteiger partial charge in [-0.2, -0.15) is 0 Å². The van der Waals surface area contributed by atoms with Gasteiger partial charge in [0.1, 0.15) is 5.75 Å². The van der Waals surface area contributed by atoms with Gasteiger partial charge in [-0.05, 0) is 25.8 Å². The number of hydrogen-bond donors (Lipinski definition) is 1. The summed E-state index contributed by atoms with van der Waals surface area (Å²) in [6.45, 7) is 7.27. The van der Waals surface area contributed by atoms with Crippen LogP contribution < -0.4 is 19.8 Å². The lowest BCUT2D eigenvalue weighted by Gasteiger charge is -2.21. The van der Waals surface area contributed by atoms with E-state index in [0.29, 0.717) is 18.7 Å². The first kappa shape index (κ1) is 21.5. The Labute approximate surface area is 186 Å². The molecule has 9 heteroatoms. The van der Waals surface area contributed by atoms with E-state index in [1.54, 1.807) is 4.52 Å². The summed E-state index contributed by atoms with van der Waals surface area (Å²) in [5, 5.41) is 3.08. The van der Waals surface area contributed by atoms with Crippen LogP contribution in [0.15, 0.2) is 23.0 Å². The van der Waals surface area contributed by atoms with E-state index in [1.807, 2.05) is 25.1 Å². The van der Waals surface area contributed by atoms with Crippen LogP contribution in [-0.2, 0) is 19.4 Å². The average molecular weight is 447 g/mol. The summed E-state index contributed by atoms with van der Waals surface area (Å²) in [6.07, 6.45) is 2.37. The van der Waals surface area contributed by atoms with Gasteiger partial charge in [0.2, 0.25) is 6.79 Å². The van der Waals surface area contributed by atoms with Crippen molar-refractivity contribution >= 4 is 18.1 Å². The maximum atomic E-state index is 12.9. The van der Waals surface area contributed by atoms with Gasteiger partial charge in [0.05, 0.1) is 12.3 Å². The zero-order valence-corrected chi connectivity index (χ0v) is 18.6. The summed E-state index contributed by atoms with van der Waals surface area (Å²) in [5.74, 6) is 2.33. The van der Waals surface area contributed by atoms with Crippen molar-refractivity contribution in [1.29, 1.82) is 0 Å². The lowest BCUT2D eigenvalue weighted by atomic mass is 10.1. The summed E-state index contributed by atoms with van der Waals surface area (Å²) in [6, 6.07) is 5.86. The number of ether oxygens (including phenoxy) is 3. The predicted octanol–water partition coefficient (Wildman–Crippen LogP) is 2.87. The van der Waals surface area contributed by atoms with Crippen molar-refractivity contribution in [3.05, 3.63) is 51.1 Å². The molecule has 0 bridgehead atoms. The van der Waals surface area contributed by atoms with Crippen LogP contribution in [0.1, 0.15) is 35.9 Å². The third-order valence-corrected chi connectivity index (χ3v) is 5.68. The highest BCUT2D eigenvalue weighted by Gasteiger charge is 2.23. The number of aryl methyl sites for hydroxylation is 1. The molecule has 31 heavy (non-hydrogen) atoms. The fourth-order valence-corrected chi connectivity index (χ4v) is 4.16. The molecule has 3 aromatic rings. The van der Waals surface area contributed by atoms with Crippen molar-refractivity contribution in [1.82, 2.24) is 19.5 Å². The number of hydrogen-bond acceptors (Lipinski definition) is 6. The van der Waals surface area contributed by atoms with E-state index < -0.39 is 0 Å². The van der Waals surface area contributed by atoms with E-state index >= 15 is 0 Å². The molecular weight excluding hydrogens is 420 g/mol. The third kappa shape index (κ3) is 4.09. The summed E-state index contributed by atoms with van der Waals surface area (Å²) in [5.41, 5.74) is 4.44. The Hall–Kier alpha value is -2.71. The maximum Gasteiger partial charge on any atom is 0.276 e. The lowest BCUT2D eigenvalue weighted by Crippen LogP contribution is -2.27. The highest BCUT2D eigenvalue weighted by atomic mass is 35.5. The molecule has 4 heterocycles. The molecule has 0 saturated carbocycles. The van der Waals surface area contributed by atoms with Crippen LogP contribution in [-0.4, -0.2) is 46.0 Å². The molecule has 0 unspecified atom stereocenters. The summed E-state index contributed by atoms with van der Waals surface area (Å²) < 4.78 is 18.6. The highest BCUT2D eigenvalue weighted by Crippen LogP contribution is 2.38. The Morgan fingerprint density at radius 1 is 1.16 bits per heavy atom. The van der Waals surface area contributed by atoms with E-state index in [2.05, 4.69) is 16.9 Å². The smallest absolute Gasteiger partial charge is 0.276 e. The van der Waals surface area contributed by atoms with Crippen molar-refractivity contribution in [3.63, 3.8) is 0 Å². The van der Waals surface area contributed by atoms with Gasteiger partial charge in [-0.25, -0.2) is 9.50 Å². The van der Waals surface area contributed by atoms with Crippen LogP contribution in [0.25, 0.3) is 5.65 Å². The van der Waals surface area contributed by atoms with E-state index in [1.165, 1.54) is 0 Å². The second-order valence-corrected chi connectivity index (χ2v) is 7.91. The van der Waals surface area contributed by atoms with Crippen molar-refractivity contribution in [3.8, 4) is 17.2 Å². The molecule has 2 aliphatic heterocycles. The molecular formula is C22H27ClN4O4. The minimum Gasteiger partial charge on any atom is -0.493 e. The topological polar surface area (TPSA) is 81.1 Å². The van der Waals surface area contributed by atoms with E-state index in [9.17, 15) is 4.79 Å². The molecule has 1 N–H and O–H groups in total. The number of halogens is 1. The highest BCUT2D eigenvalue weighted by molar-refractivity contribution is 5.85. The van der Waals surface area contributed by atoms with Crippen molar-refractivity contribution < 1.29 is 14.2 Å². The summed E-state index contributed by atoms with van der Waals surface area (Å²) in [4.78, 5) is 20.0. The van der Waals surface area contributed by atoms with E-state index in [-0.39, 0.29) is 24.8 Å². The Bertz CT molecular complexity index is 1160. The fourth-order valence-electron chi connectivity index (χ4n) is 4.16. The number of H-pyrrole nitrogens is 1. The molecule has 166 valence electrons. The summed E-state index contributed by atoms with van der Waals surface area (Å²) in [7, 11) is 0. The maximum absolute atomic E-state index is 12.9. The largest absolute Gasteiger partial charge is 0.493 e. The standard InChI is InChI=1S/C22H26N4O4.ClH/c1-3-8-28-18-11-20-19(29-13-30-20)10-15(18)12-25-6-4-16-17(5-7-25)23-21-9-14(2)24-26(21)22(16)27;/h9-11,24H,3-8,12-13H2,1-2H3;1H.